The second-order valence-corrected chi connectivity index (χ2v) is 6.83. The van der Waals surface area contributed by atoms with E-state index in [-0.39, 0.29) is 11.8 Å². The summed E-state index contributed by atoms with van der Waals surface area (Å²) in [5, 5.41) is 15.0. The molecule has 3 aromatic rings. The smallest absolute Gasteiger partial charge is 0.232 e. The number of aromatic nitrogens is 4. The fourth-order valence-corrected chi connectivity index (χ4v) is 2.89. The molecular weight excluding hydrogens is 338 g/mol. The molecule has 1 unspecified atom stereocenters. The highest BCUT2D eigenvalue weighted by Gasteiger charge is 2.26. The van der Waals surface area contributed by atoms with E-state index in [1.165, 1.54) is 12.8 Å². The Labute approximate surface area is 150 Å². The Hall–Kier alpha value is -2.60. The molecule has 0 saturated heterocycles. The van der Waals surface area contributed by atoms with E-state index < -0.39 is 0 Å². The normalized spacial score (nSPS) is 15.1. The van der Waals surface area contributed by atoms with Gasteiger partial charge in [-0.3, -0.25) is 9.89 Å². The first-order chi connectivity index (χ1) is 12.1. The van der Waals surface area contributed by atoms with Crippen LogP contribution in [0.3, 0.4) is 0 Å². The molecule has 0 radical (unpaired) electrons. The number of nitrogens with zero attached hydrogens (tertiary/aromatic N) is 3. The highest BCUT2D eigenvalue weighted by atomic mass is 35.5. The van der Waals surface area contributed by atoms with Gasteiger partial charge in [0.25, 0.3) is 0 Å². The standard InChI is InChI=1S/C18H18ClN5O/c1-11(18(25)21-17-8-16(22-23-17)12-5-6-12)13-9-20-24(10-13)15-4-2-3-14(19)7-15/h2-4,7-12H,5-6H2,1H3,(H2,21,22,23,25). The zero-order valence-electron chi connectivity index (χ0n) is 13.7. The van der Waals surface area contributed by atoms with Crippen molar-refractivity contribution in [2.45, 2.75) is 31.6 Å². The van der Waals surface area contributed by atoms with Crippen molar-refractivity contribution in [3.05, 3.63) is 59.0 Å². The lowest BCUT2D eigenvalue weighted by Gasteiger charge is -2.08. The second-order valence-electron chi connectivity index (χ2n) is 6.39. The molecule has 0 bridgehead atoms. The van der Waals surface area contributed by atoms with E-state index in [4.69, 9.17) is 11.6 Å². The minimum atomic E-state index is -0.339. The molecule has 2 heterocycles. The lowest BCUT2D eigenvalue weighted by molar-refractivity contribution is -0.117. The summed E-state index contributed by atoms with van der Waals surface area (Å²) in [7, 11) is 0. The number of carbonyl (C=O) groups is 1. The van der Waals surface area contributed by atoms with Gasteiger partial charge >= 0.3 is 0 Å². The zero-order chi connectivity index (χ0) is 17.4. The SMILES string of the molecule is CC(C(=O)Nc1cc(C2CC2)[nH]n1)c1cnn(-c2cccc(Cl)c2)c1. The molecule has 0 aliphatic heterocycles. The van der Waals surface area contributed by atoms with Crippen molar-refractivity contribution in [2.24, 2.45) is 0 Å². The Morgan fingerprint density at radius 1 is 1.40 bits per heavy atom. The monoisotopic (exact) mass is 355 g/mol. The molecule has 4 rings (SSSR count). The maximum Gasteiger partial charge on any atom is 0.232 e. The van der Waals surface area contributed by atoms with Crippen molar-refractivity contribution in [2.75, 3.05) is 5.32 Å². The third kappa shape index (κ3) is 3.44. The third-order valence-electron chi connectivity index (χ3n) is 4.43. The summed E-state index contributed by atoms with van der Waals surface area (Å²) in [5.74, 6) is 0.695. The van der Waals surface area contributed by atoms with Gasteiger partial charge in [0.2, 0.25) is 5.91 Å². The number of carbonyl (C=O) groups excluding carboxylic acids is 1. The van der Waals surface area contributed by atoms with Crippen LogP contribution in [0.2, 0.25) is 5.02 Å². The van der Waals surface area contributed by atoms with Gasteiger partial charge in [0.1, 0.15) is 0 Å². The van der Waals surface area contributed by atoms with Gasteiger partial charge in [0, 0.05) is 34.5 Å². The van der Waals surface area contributed by atoms with E-state index in [2.05, 4.69) is 20.6 Å². The molecule has 1 atom stereocenters. The van der Waals surface area contributed by atoms with E-state index in [0.29, 0.717) is 16.8 Å². The molecule has 2 N–H and O–H groups in total. The summed E-state index contributed by atoms with van der Waals surface area (Å²) in [6, 6.07) is 9.33. The van der Waals surface area contributed by atoms with Gasteiger partial charge in [-0.25, -0.2) is 4.68 Å². The van der Waals surface area contributed by atoms with Crippen LogP contribution >= 0.6 is 11.6 Å². The molecule has 1 aromatic carbocycles. The molecule has 6 nitrogen and oxygen atoms in total. The number of benzene rings is 1. The fraction of sp³-hybridized carbons (Fsp3) is 0.278. The maximum atomic E-state index is 12.5. The number of H-pyrrole nitrogens is 1. The zero-order valence-corrected chi connectivity index (χ0v) is 14.5. The Kier molecular flexibility index (Phi) is 4.05. The van der Waals surface area contributed by atoms with Crippen LogP contribution in [-0.4, -0.2) is 25.9 Å². The molecule has 1 saturated carbocycles. The third-order valence-corrected chi connectivity index (χ3v) is 4.67. The molecule has 25 heavy (non-hydrogen) atoms. The minimum Gasteiger partial charge on any atom is -0.309 e. The summed E-state index contributed by atoms with van der Waals surface area (Å²) in [4.78, 5) is 12.5. The number of anilines is 1. The number of halogens is 1. The topological polar surface area (TPSA) is 75.6 Å². The molecule has 1 amide bonds. The van der Waals surface area contributed by atoms with Crippen molar-refractivity contribution in [1.82, 2.24) is 20.0 Å². The quantitative estimate of drug-likeness (QED) is 0.729. The van der Waals surface area contributed by atoms with Crippen molar-refractivity contribution >= 4 is 23.3 Å². The highest BCUT2D eigenvalue weighted by molar-refractivity contribution is 6.30. The average Bonchev–Trinajstić information content (AvgIpc) is 3.15. The van der Waals surface area contributed by atoms with Crippen molar-refractivity contribution in [3.63, 3.8) is 0 Å². The van der Waals surface area contributed by atoms with Gasteiger partial charge in [0.15, 0.2) is 5.82 Å². The van der Waals surface area contributed by atoms with Gasteiger partial charge in [0.05, 0.1) is 17.8 Å². The maximum absolute atomic E-state index is 12.5. The largest absolute Gasteiger partial charge is 0.309 e. The molecule has 2 aromatic heterocycles. The molecular formula is C18H18ClN5O. The van der Waals surface area contributed by atoms with Crippen LogP contribution in [0.5, 0.6) is 0 Å². The van der Waals surface area contributed by atoms with E-state index >= 15 is 0 Å². The van der Waals surface area contributed by atoms with Crippen LogP contribution in [0.15, 0.2) is 42.7 Å². The number of rotatable bonds is 5. The number of hydrogen-bond acceptors (Lipinski definition) is 3. The van der Waals surface area contributed by atoms with Gasteiger partial charge in [-0.1, -0.05) is 17.7 Å². The Morgan fingerprint density at radius 2 is 2.24 bits per heavy atom. The highest BCUT2D eigenvalue weighted by Crippen LogP contribution is 2.39. The summed E-state index contributed by atoms with van der Waals surface area (Å²) in [6.45, 7) is 1.85. The summed E-state index contributed by atoms with van der Waals surface area (Å²) < 4.78 is 1.71. The fourth-order valence-electron chi connectivity index (χ4n) is 2.71. The Balaban J connectivity index is 1.46. The Morgan fingerprint density at radius 3 is 3.00 bits per heavy atom. The van der Waals surface area contributed by atoms with E-state index in [1.54, 1.807) is 10.9 Å². The van der Waals surface area contributed by atoms with Crippen molar-refractivity contribution in [3.8, 4) is 5.69 Å². The lowest BCUT2D eigenvalue weighted by atomic mass is 10.0. The van der Waals surface area contributed by atoms with E-state index in [9.17, 15) is 4.79 Å². The first-order valence-electron chi connectivity index (χ1n) is 8.27. The first-order valence-corrected chi connectivity index (χ1v) is 8.64. The van der Waals surface area contributed by atoms with E-state index in [1.807, 2.05) is 43.5 Å². The first kappa shape index (κ1) is 15.9. The Bertz CT molecular complexity index is 912. The molecule has 1 aliphatic carbocycles. The van der Waals surface area contributed by atoms with Gasteiger partial charge in [-0.15, -0.1) is 0 Å². The van der Waals surface area contributed by atoms with Crippen molar-refractivity contribution < 1.29 is 4.79 Å². The molecule has 7 heteroatoms. The average molecular weight is 356 g/mol. The van der Waals surface area contributed by atoms with Crippen molar-refractivity contribution in [1.29, 1.82) is 0 Å². The van der Waals surface area contributed by atoms with E-state index in [0.717, 1.165) is 16.9 Å². The molecule has 1 aliphatic rings. The van der Waals surface area contributed by atoms with Gasteiger partial charge in [-0.05, 0) is 38.0 Å². The van der Waals surface area contributed by atoms with Crippen LogP contribution in [0.25, 0.3) is 5.69 Å². The van der Waals surface area contributed by atoms with Crippen LogP contribution in [0.4, 0.5) is 5.82 Å². The molecule has 1 fully saturated rings. The minimum absolute atomic E-state index is 0.112. The van der Waals surface area contributed by atoms with Crippen LogP contribution in [-0.2, 0) is 4.79 Å². The predicted octanol–water partition coefficient (Wildman–Crippen LogP) is 3.87. The van der Waals surface area contributed by atoms with Crippen LogP contribution < -0.4 is 5.32 Å². The predicted molar refractivity (Wildman–Crippen MR) is 96.2 cm³/mol. The summed E-state index contributed by atoms with van der Waals surface area (Å²) in [5.41, 5.74) is 2.78. The van der Waals surface area contributed by atoms with Gasteiger partial charge < -0.3 is 5.32 Å². The van der Waals surface area contributed by atoms with Crippen LogP contribution in [0.1, 0.15) is 42.9 Å². The summed E-state index contributed by atoms with van der Waals surface area (Å²) >= 11 is 6.02. The molecule has 128 valence electrons. The molecule has 0 spiro atoms. The van der Waals surface area contributed by atoms with Gasteiger partial charge in [-0.2, -0.15) is 10.2 Å². The number of amides is 1. The second kappa shape index (κ2) is 6.37. The number of aromatic amines is 1. The lowest BCUT2D eigenvalue weighted by Crippen LogP contribution is -2.18. The van der Waals surface area contributed by atoms with Crippen LogP contribution in [0, 0.1) is 0 Å². The number of hydrogen-bond donors (Lipinski definition) is 2. The summed E-state index contributed by atoms with van der Waals surface area (Å²) in [6.07, 6.45) is 5.92. The number of nitrogens with one attached hydrogen (secondary N) is 2.